The normalized spacial score (nSPS) is 24.1. The van der Waals surface area contributed by atoms with Crippen molar-refractivity contribution in [3.63, 3.8) is 0 Å². The van der Waals surface area contributed by atoms with Crippen molar-refractivity contribution in [1.82, 2.24) is 4.90 Å². The number of hydrogen-bond donors (Lipinski definition) is 1. The van der Waals surface area contributed by atoms with Gasteiger partial charge in [-0.3, -0.25) is 4.79 Å². The molecule has 2 rings (SSSR count). The summed E-state index contributed by atoms with van der Waals surface area (Å²) in [5.41, 5.74) is 6.20. The van der Waals surface area contributed by atoms with Crippen molar-refractivity contribution in [3.05, 3.63) is 0 Å². The molecule has 0 aliphatic heterocycles. The topological polar surface area (TPSA) is 46.3 Å². The zero-order valence-electron chi connectivity index (χ0n) is 11.8. The molecule has 0 unspecified atom stereocenters. The van der Waals surface area contributed by atoms with Crippen LogP contribution in [0.4, 0.5) is 0 Å². The highest BCUT2D eigenvalue weighted by Crippen LogP contribution is 2.31. The summed E-state index contributed by atoms with van der Waals surface area (Å²) in [6.45, 7) is 2.94. The fraction of sp³-hybridized carbons (Fsp3) is 0.933. The predicted octanol–water partition coefficient (Wildman–Crippen LogP) is 2.83. The van der Waals surface area contributed by atoms with Gasteiger partial charge in [0.1, 0.15) is 0 Å². The molecule has 2 fully saturated rings. The first-order chi connectivity index (χ1) is 8.64. The van der Waals surface area contributed by atoms with E-state index >= 15 is 0 Å². The molecular formula is C15H28N2O. The van der Waals surface area contributed by atoms with Gasteiger partial charge in [-0.25, -0.2) is 0 Å². The van der Waals surface area contributed by atoms with Gasteiger partial charge in [-0.1, -0.05) is 32.1 Å². The maximum atomic E-state index is 12.5. The van der Waals surface area contributed by atoms with Gasteiger partial charge in [0.2, 0.25) is 5.91 Å². The van der Waals surface area contributed by atoms with Gasteiger partial charge in [-0.2, -0.15) is 0 Å². The molecule has 2 aliphatic carbocycles. The Kier molecular flexibility index (Phi) is 4.66. The third-order valence-electron chi connectivity index (χ3n) is 4.78. The Balaban J connectivity index is 1.92. The van der Waals surface area contributed by atoms with Crippen LogP contribution in [0.25, 0.3) is 0 Å². The van der Waals surface area contributed by atoms with Crippen LogP contribution < -0.4 is 5.73 Å². The van der Waals surface area contributed by atoms with Gasteiger partial charge in [-0.05, 0) is 32.6 Å². The molecule has 3 heteroatoms. The molecule has 0 heterocycles. The van der Waals surface area contributed by atoms with Gasteiger partial charge in [-0.15, -0.1) is 0 Å². The molecule has 18 heavy (non-hydrogen) atoms. The summed E-state index contributed by atoms with van der Waals surface area (Å²) in [6.07, 6.45) is 11.2. The number of rotatable bonds is 4. The van der Waals surface area contributed by atoms with Gasteiger partial charge < -0.3 is 10.6 Å². The lowest BCUT2D eigenvalue weighted by Gasteiger charge is -2.36. The average Bonchev–Trinajstić information content (AvgIpc) is 2.84. The first-order valence-electron chi connectivity index (χ1n) is 7.73. The largest absolute Gasteiger partial charge is 0.340 e. The smallest absolute Gasteiger partial charge is 0.224 e. The summed E-state index contributed by atoms with van der Waals surface area (Å²) in [5, 5.41) is 0. The maximum absolute atomic E-state index is 12.5. The highest BCUT2D eigenvalue weighted by Gasteiger charge is 2.33. The van der Waals surface area contributed by atoms with Crippen molar-refractivity contribution in [2.45, 2.75) is 82.7 Å². The third kappa shape index (κ3) is 3.25. The summed E-state index contributed by atoms with van der Waals surface area (Å²) in [6, 6.07) is 0.495. The van der Waals surface area contributed by atoms with Crippen molar-refractivity contribution in [2.24, 2.45) is 5.73 Å². The standard InChI is InChI=1S/C15H28N2O/c1-2-17(13-8-4-5-9-13)14(18)12-15(16)10-6-3-7-11-15/h13H,2-12,16H2,1H3. The summed E-state index contributed by atoms with van der Waals surface area (Å²) in [4.78, 5) is 14.6. The Morgan fingerprint density at radius 1 is 1.17 bits per heavy atom. The van der Waals surface area contributed by atoms with Gasteiger partial charge in [0.25, 0.3) is 0 Å². The van der Waals surface area contributed by atoms with Crippen LogP contribution in [0.15, 0.2) is 0 Å². The van der Waals surface area contributed by atoms with E-state index in [2.05, 4.69) is 11.8 Å². The Hall–Kier alpha value is -0.570. The van der Waals surface area contributed by atoms with E-state index in [1.165, 1.54) is 44.9 Å². The Morgan fingerprint density at radius 3 is 2.33 bits per heavy atom. The first-order valence-corrected chi connectivity index (χ1v) is 7.73. The van der Waals surface area contributed by atoms with E-state index in [1.807, 2.05) is 0 Å². The van der Waals surface area contributed by atoms with Gasteiger partial charge in [0, 0.05) is 24.5 Å². The summed E-state index contributed by atoms with van der Waals surface area (Å²) < 4.78 is 0. The zero-order valence-corrected chi connectivity index (χ0v) is 11.8. The SMILES string of the molecule is CCN(C(=O)CC1(N)CCCCC1)C1CCCC1. The second-order valence-electron chi connectivity index (χ2n) is 6.22. The highest BCUT2D eigenvalue weighted by molar-refractivity contribution is 5.77. The van der Waals surface area contributed by atoms with Crippen LogP contribution in [0.5, 0.6) is 0 Å². The molecule has 2 saturated carbocycles. The molecule has 0 bridgehead atoms. The summed E-state index contributed by atoms with van der Waals surface area (Å²) >= 11 is 0. The molecule has 0 aromatic carbocycles. The summed E-state index contributed by atoms with van der Waals surface area (Å²) in [7, 11) is 0. The van der Waals surface area contributed by atoms with E-state index in [1.54, 1.807) is 0 Å². The molecule has 0 aromatic heterocycles. The minimum absolute atomic E-state index is 0.207. The van der Waals surface area contributed by atoms with Crippen molar-refractivity contribution in [3.8, 4) is 0 Å². The molecule has 104 valence electrons. The molecule has 2 aliphatic rings. The molecular weight excluding hydrogens is 224 g/mol. The van der Waals surface area contributed by atoms with E-state index in [0.717, 1.165) is 19.4 Å². The molecule has 0 saturated heterocycles. The molecule has 2 N–H and O–H groups in total. The van der Waals surface area contributed by atoms with E-state index in [-0.39, 0.29) is 5.54 Å². The van der Waals surface area contributed by atoms with E-state index in [9.17, 15) is 4.79 Å². The molecule has 3 nitrogen and oxygen atoms in total. The van der Waals surface area contributed by atoms with Crippen LogP contribution in [0.1, 0.15) is 71.1 Å². The lowest BCUT2D eigenvalue weighted by molar-refractivity contribution is -0.134. The van der Waals surface area contributed by atoms with Crippen molar-refractivity contribution < 1.29 is 4.79 Å². The second-order valence-corrected chi connectivity index (χ2v) is 6.22. The monoisotopic (exact) mass is 252 g/mol. The lowest BCUT2D eigenvalue weighted by atomic mass is 9.80. The predicted molar refractivity (Wildman–Crippen MR) is 74.3 cm³/mol. The van der Waals surface area contributed by atoms with Crippen LogP contribution in [0.3, 0.4) is 0 Å². The number of carbonyl (C=O) groups excluding carboxylic acids is 1. The molecule has 0 spiro atoms. The van der Waals surface area contributed by atoms with Crippen LogP contribution in [0.2, 0.25) is 0 Å². The van der Waals surface area contributed by atoms with Crippen molar-refractivity contribution >= 4 is 5.91 Å². The molecule has 1 amide bonds. The molecule has 0 aromatic rings. The number of hydrogen-bond acceptors (Lipinski definition) is 2. The Morgan fingerprint density at radius 2 is 1.78 bits per heavy atom. The lowest BCUT2D eigenvalue weighted by Crippen LogP contribution is -2.48. The second kappa shape index (κ2) is 6.05. The Bertz CT molecular complexity index is 278. The summed E-state index contributed by atoms with van der Waals surface area (Å²) in [5.74, 6) is 0.300. The first kappa shape index (κ1) is 13.9. The van der Waals surface area contributed by atoms with Crippen LogP contribution in [-0.4, -0.2) is 28.9 Å². The van der Waals surface area contributed by atoms with E-state index in [0.29, 0.717) is 18.4 Å². The fourth-order valence-corrected chi connectivity index (χ4v) is 3.69. The van der Waals surface area contributed by atoms with Crippen LogP contribution >= 0.6 is 0 Å². The van der Waals surface area contributed by atoms with Crippen LogP contribution in [0, 0.1) is 0 Å². The van der Waals surface area contributed by atoms with E-state index in [4.69, 9.17) is 5.73 Å². The zero-order chi connectivity index (χ0) is 13.0. The number of amides is 1. The van der Waals surface area contributed by atoms with Gasteiger partial charge >= 0.3 is 0 Å². The third-order valence-corrected chi connectivity index (χ3v) is 4.78. The average molecular weight is 252 g/mol. The van der Waals surface area contributed by atoms with Crippen molar-refractivity contribution in [1.29, 1.82) is 0 Å². The number of carbonyl (C=O) groups is 1. The molecule has 0 atom stereocenters. The van der Waals surface area contributed by atoms with Crippen LogP contribution in [-0.2, 0) is 4.79 Å². The van der Waals surface area contributed by atoms with Gasteiger partial charge in [0.15, 0.2) is 0 Å². The minimum atomic E-state index is -0.207. The highest BCUT2D eigenvalue weighted by atomic mass is 16.2. The quantitative estimate of drug-likeness (QED) is 0.836. The number of nitrogens with two attached hydrogens (primary N) is 1. The minimum Gasteiger partial charge on any atom is -0.340 e. The fourth-order valence-electron chi connectivity index (χ4n) is 3.69. The Labute approximate surface area is 111 Å². The maximum Gasteiger partial charge on any atom is 0.224 e. The van der Waals surface area contributed by atoms with E-state index < -0.39 is 0 Å². The number of nitrogens with zero attached hydrogens (tertiary/aromatic N) is 1. The van der Waals surface area contributed by atoms with Gasteiger partial charge in [0.05, 0.1) is 0 Å². The van der Waals surface area contributed by atoms with Crippen molar-refractivity contribution in [2.75, 3.05) is 6.54 Å². The molecule has 0 radical (unpaired) electrons.